The summed E-state index contributed by atoms with van der Waals surface area (Å²) in [6, 6.07) is 12.1. The number of hydrogen-bond acceptors (Lipinski definition) is 3. The maximum absolute atomic E-state index is 13.1. The highest BCUT2D eigenvalue weighted by Crippen LogP contribution is 2.28. The summed E-state index contributed by atoms with van der Waals surface area (Å²) in [4.78, 5) is 14.7. The second-order valence-electron chi connectivity index (χ2n) is 7.31. The Hall–Kier alpha value is -1.96. The molecule has 1 aliphatic heterocycles. The lowest BCUT2D eigenvalue weighted by Gasteiger charge is -2.34. The van der Waals surface area contributed by atoms with E-state index in [-0.39, 0.29) is 35.9 Å². The first-order valence-corrected chi connectivity index (χ1v) is 11.3. The zero-order chi connectivity index (χ0) is 21.2. The molecule has 1 atom stereocenters. The van der Waals surface area contributed by atoms with Crippen molar-refractivity contribution in [2.45, 2.75) is 30.7 Å². The summed E-state index contributed by atoms with van der Waals surface area (Å²) in [5.74, 6) is -0.702. The van der Waals surface area contributed by atoms with E-state index in [1.54, 1.807) is 24.1 Å². The number of piperidine rings is 1. The lowest BCUT2D eigenvalue weighted by molar-refractivity contribution is -0.137. The number of carbonyl (C=O) groups is 1. The highest BCUT2D eigenvalue weighted by atomic mass is 35.5. The minimum atomic E-state index is -3.68. The molecular weight excluding hydrogens is 415 g/mol. The molecule has 0 N–H and O–H groups in total. The zero-order valence-electron chi connectivity index (χ0n) is 16.4. The maximum Gasteiger partial charge on any atom is 0.243 e. The fraction of sp³-hybridized carbons (Fsp3) is 0.381. The van der Waals surface area contributed by atoms with Gasteiger partial charge in [0.05, 0.1) is 10.9 Å². The van der Waals surface area contributed by atoms with Gasteiger partial charge in [-0.3, -0.25) is 4.79 Å². The van der Waals surface area contributed by atoms with Gasteiger partial charge in [0.2, 0.25) is 15.9 Å². The van der Waals surface area contributed by atoms with E-state index in [1.165, 1.54) is 16.4 Å². The van der Waals surface area contributed by atoms with Crippen LogP contribution >= 0.6 is 11.6 Å². The largest absolute Gasteiger partial charge is 0.339 e. The van der Waals surface area contributed by atoms with Gasteiger partial charge in [-0.1, -0.05) is 23.7 Å². The molecule has 0 spiro atoms. The van der Waals surface area contributed by atoms with Gasteiger partial charge in [-0.15, -0.1) is 0 Å². The van der Waals surface area contributed by atoms with Crippen molar-refractivity contribution < 1.29 is 17.6 Å². The van der Waals surface area contributed by atoms with Crippen LogP contribution in [0.5, 0.6) is 0 Å². The minimum absolute atomic E-state index is 0.00581. The van der Waals surface area contributed by atoms with Crippen molar-refractivity contribution >= 4 is 27.5 Å². The molecule has 8 heteroatoms. The normalized spacial score (nSPS) is 17.1. The number of rotatable bonds is 5. The summed E-state index contributed by atoms with van der Waals surface area (Å²) < 4.78 is 39.9. The van der Waals surface area contributed by atoms with Crippen molar-refractivity contribution in [1.29, 1.82) is 0 Å². The molecule has 0 radical (unpaired) electrons. The first kappa shape index (κ1) is 21.7. The summed E-state index contributed by atoms with van der Waals surface area (Å²) in [5, 5.41) is 0.643. The lowest BCUT2D eigenvalue weighted by atomic mass is 9.95. The average Bonchev–Trinajstić information content (AvgIpc) is 2.73. The lowest BCUT2D eigenvalue weighted by Crippen LogP contribution is -2.43. The number of amides is 1. The quantitative estimate of drug-likeness (QED) is 0.706. The van der Waals surface area contributed by atoms with Crippen LogP contribution in [0.1, 0.15) is 31.4 Å². The number of benzene rings is 2. The van der Waals surface area contributed by atoms with Gasteiger partial charge in [0.15, 0.2) is 0 Å². The van der Waals surface area contributed by atoms with E-state index in [2.05, 4.69) is 0 Å². The van der Waals surface area contributed by atoms with Crippen molar-refractivity contribution in [3.05, 3.63) is 64.9 Å². The van der Waals surface area contributed by atoms with Crippen LogP contribution < -0.4 is 0 Å². The predicted molar refractivity (Wildman–Crippen MR) is 111 cm³/mol. The first-order valence-electron chi connectivity index (χ1n) is 9.48. The van der Waals surface area contributed by atoms with Gasteiger partial charge in [0.1, 0.15) is 5.82 Å². The van der Waals surface area contributed by atoms with Crippen LogP contribution in [0.3, 0.4) is 0 Å². The van der Waals surface area contributed by atoms with Gasteiger partial charge in [-0.05, 0) is 61.7 Å². The average molecular weight is 439 g/mol. The Bertz CT molecular complexity index is 956. The van der Waals surface area contributed by atoms with Gasteiger partial charge >= 0.3 is 0 Å². The Morgan fingerprint density at radius 1 is 1.10 bits per heavy atom. The minimum Gasteiger partial charge on any atom is -0.339 e. The zero-order valence-corrected chi connectivity index (χ0v) is 18.0. The predicted octanol–water partition coefficient (Wildman–Crippen LogP) is 4.10. The highest BCUT2D eigenvalue weighted by molar-refractivity contribution is 7.89. The van der Waals surface area contributed by atoms with Crippen molar-refractivity contribution in [3.8, 4) is 0 Å². The summed E-state index contributed by atoms with van der Waals surface area (Å²) in [6.07, 6.45) is 0.911. The third-order valence-electron chi connectivity index (χ3n) is 5.54. The Morgan fingerprint density at radius 3 is 2.21 bits per heavy atom. The van der Waals surface area contributed by atoms with Gasteiger partial charge in [-0.2, -0.15) is 4.31 Å². The number of hydrogen-bond donors (Lipinski definition) is 0. The van der Waals surface area contributed by atoms with E-state index >= 15 is 0 Å². The summed E-state index contributed by atoms with van der Waals surface area (Å²) in [6.45, 7) is 2.48. The molecule has 0 aromatic heterocycles. The second kappa shape index (κ2) is 8.81. The second-order valence-corrected chi connectivity index (χ2v) is 9.68. The van der Waals surface area contributed by atoms with Gasteiger partial charge in [0.25, 0.3) is 0 Å². The molecule has 2 aromatic carbocycles. The molecule has 1 unspecified atom stereocenters. The van der Waals surface area contributed by atoms with Gasteiger partial charge in [0, 0.05) is 31.1 Å². The third-order valence-corrected chi connectivity index (χ3v) is 7.70. The molecule has 1 aliphatic rings. The maximum atomic E-state index is 13.1. The van der Waals surface area contributed by atoms with Gasteiger partial charge < -0.3 is 4.90 Å². The number of halogens is 2. The Kier molecular flexibility index (Phi) is 6.61. The topological polar surface area (TPSA) is 57.7 Å². The fourth-order valence-corrected chi connectivity index (χ4v) is 5.14. The van der Waals surface area contributed by atoms with E-state index in [0.29, 0.717) is 17.9 Å². The first-order chi connectivity index (χ1) is 13.7. The molecule has 1 heterocycles. The molecule has 1 saturated heterocycles. The van der Waals surface area contributed by atoms with Crippen LogP contribution in [0.2, 0.25) is 5.02 Å². The van der Waals surface area contributed by atoms with Crippen molar-refractivity contribution in [3.63, 3.8) is 0 Å². The molecule has 1 amide bonds. The monoisotopic (exact) mass is 438 g/mol. The molecule has 1 fully saturated rings. The molecule has 29 heavy (non-hydrogen) atoms. The van der Waals surface area contributed by atoms with E-state index in [1.807, 2.05) is 19.1 Å². The van der Waals surface area contributed by atoms with E-state index < -0.39 is 15.8 Å². The van der Waals surface area contributed by atoms with Crippen molar-refractivity contribution in [2.75, 3.05) is 20.1 Å². The van der Waals surface area contributed by atoms with Crippen LogP contribution in [0, 0.1) is 11.7 Å². The van der Waals surface area contributed by atoms with E-state index in [9.17, 15) is 17.6 Å². The van der Waals surface area contributed by atoms with Crippen molar-refractivity contribution in [2.24, 2.45) is 5.92 Å². The molecule has 2 aromatic rings. The van der Waals surface area contributed by atoms with E-state index in [4.69, 9.17) is 11.6 Å². The van der Waals surface area contributed by atoms with E-state index in [0.717, 1.165) is 17.7 Å². The smallest absolute Gasteiger partial charge is 0.243 e. The Labute approximate surface area is 176 Å². The number of carbonyl (C=O) groups excluding carboxylic acids is 1. The molecule has 3 rings (SSSR count). The molecule has 156 valence electrons. The molecular formula is C21H24ClFN2O3S. The number of sulfonamides is 1. The van der Waals surface area contributed by atoms with Crippen LogP contribution in [0.15, 0.2) is 53.4 Å². The highest BCUT2D eigenvalue weighted by Gasteiger charge is 2.34. The summed E-state index contributed by atoms with van der Waals surface area (Å²) in [7, 11) is -1.92. The fourth-order valence-electron chi connectivity index (χ4n) is 3.54. The summed E-state index contributed by atoms with van der Waals surface area (Å²) in [5.41, 5.74) is 0.988. The Balaban J connectivity index is 1.63. The SMILES string of the molecule is CC(c1ccc(Cl)cc1)N(C)C(=O)C1CCN(S(=O)(=O)c2ccc(F)cc2)CC1. The molecule has 0 saturated carbocycles. The standard InChI is InChI=1S/C21H24ClFN2O3S/c1-15(16-3-5-18(22)6-4-16)24(2)21(26)17-11-13-25(14-12-17)29(27,28)20-9-7-19(23)8-10-20/h3-10,15,17H,11-14H2,1-2H3. The third kappa shape index (κ3) is 4.79. The Morgan fingerprint density at radius 2 is 1.66 bits per heavy atom. The van der Waals surface area contributed by atoms with Crippen molar-refractivity contribution in [1.82, 2.24) is 9.21 Å². The molecule has 0 aliphatic carbocycles. The van der Waals surface area contributed by atoms with Crippen LogP contribution in [0.4, 0.5) is 4.39 Å². The van der Waals surface area contributed by atoms with Crippen LogP contribution in [0.25, 0.3) is 0 Å². The van der Waals surface area contributed by atoms with Crippen LogP contribution in [-0.2, 0) is 14.8 Å². The molecule has 5 nitrogen and oxygen atoms in total. The molecule has 0 bridgehead atoms. The van der Waals surface area contributed by atoms with Crippen LogP contribution in [-0.4, -0.2) is 43.7 Å². The number of nitrogens with zero attached hydrogens (tertiary/aromatic N) is 2. The van der Waals surface area contributed by atoms with Gasteiger partial charge in [-0.25, -0.2) is 12.8 Å². The summed E-state index contributed by atoms with van der Waals surface area (Å²) >= 11 is 5.93.